The molecule has 0 aromatic carbocycles. The molecule has 5 nitrogen and oxygen atoms in total. The van der Waals surface area contributed by atoms with Gasteiger partial charge in [-0.2, -0.15) is 0 Å². The van der Waals surface area contributed by atoms with Crippen molar-refractivity contribution in [2.75, 3.05) is 20.7 Å². The van der Waals surface area contributed by atoms with Gasteiger partial charge in [-0.1, -0.05) is 12.7 Å². The lowest BCUT2D eigenvalue weighted by molar-refractivity contribution is -0.184. The number of aliphatic hydroxyl groups is 2. The summed E-state index contributed by atoms with van der Waals surface area (Å²) in [4.78, 5) is 12.9. The number of esters is 1. The van der Waals surface area contributed by atoms with Crippen LogP contribution in [-0.2, 0) is 9.53 Å². The first-order valence-electron chi connectivity index (χ1n) is 4.19. The van der Waals surface area contributed by atoms with E-state index in [2.05, 4.69) is 6.58 Å². The molecule has 0 rings (SSSR count). The number of aliphatic hydroxyl groups excluding tert-OH is 1. The molecule has 1 atom stereocenters. The van der Waals surface area contributed by atoms with Gasteiger partial charge < -0.3 is 14.9 Å². The molecule has 0 aliphatic rings. The van der Waals surface area contributed by atoms with Gasteiger partial charge in [-0.15, -0.1) is 0 Å². The summed E-state index contributed by atoms with van der Waals surface area (Å²) in [6.45, 7) is 4.83. The van der Waals surface area contributed by atoms with Crippen LogP contribution in [0.4, 0.5) is 0 Å². The molecule has 0 spiro atoms. The monoisotopic (exact) mass is 203 g/mol. The summed E-state index contributed by atoms with van der Waals surface area (Å²) in [6, 6.07) is 0. The Hall–Kier alpha value is -0.910. The summed E-state index contributed by atoms with van der Waals surface area (Å²) in [5.74, 6) is -0.697. The molecule has 0 aliphatic heterocycles. The van der Waals surface area contributed by atoms with E-state index in [-0.39, 0.29) is 6.61 Å². The lowest BCUT2D eigenvalue weighted by Gasteiger charge is -2.34. The lowest BCUT2D eigenvalue weighted by Crippen LogP contribution is -2.57. The van der Waals surface area contributed by atoms with Crippen LogP contribution in [0.25, 0.3) is 0 Å². The fourth-order valence-electron chi connectivity index (χ4n) is 0.800. The highest BCUT2D eigenvalue weighted by Crippen LogP contribution is 2.17. The fraction of sp³-hybridized carbons (Fsp3) is 0.667. The lowest BCUT2D eigenvalue weighted by atomic mass is 10.0. The Morgan fingerprint density at radius 2 is 2.14 bits per heavy atom. The van der Waals surface area contributed by atoms with Crippen molar-refractivity contribution in [3.63, 3.8) is 0 Å². The van der Waals surface area contributed by atoms with Gasteiger partial charge >= 0.3 is 5.97 Å². The number of hydrogen-bond acceptors (Lipinski definition) is 5. The van der Waals surface area contributed by atoms with Crippen LogP contribution in [0.15, 0.2) is 12.7 Å². The van der Waals surface area contributed by atoms with Crippen LogP contribution >= 0.6 is 0 Å². The number of carbonyl (C=O) groups excluding carboxylic acids is 1. The molecule has 0 saturated carbocycles. The van der Waals surface area contributed by atoms with Gasteiger partial charge in [0.2, 0.25) is 0 Å². The van der Waals surface area contributed by atoms with Crippen molar-refractivity contribution in [1.82, 2.24) is 4.90 Å². The summed E-state index contributed by atoms with van der Waals surface area (Å²) in [6.07, 6.45) is -0.382. The number of ether oxygens (including phenoxy) is 1. The Bertz CT molecular complexity index is 205. The average molecular weight is 203 g/mol. The maximum absolute atomic E-state index is 11.5. The molecule has 1 unspecified atom stereocenters. The minimum absolute atomic E-state index is 0.0506. The maximum atomic E-state index is 11.5. The van der Waals surface area contributed by atoms with Crippen LogP contribution in [0.3, 0.4) is 0 Å². The van der Waals surface area contributed by atoms with E-state index in [0.29, 0.717) is 0 Å². The second kappa shape index (κ2) is 5.09. The van der Waals surface area contributed by atoms with Gasteiger partial charge in [0.25, 0.3) is 0 Å². The number of rotatable bonds is 5. The molecule has 0 aromatic heterocycles. The molecule has 0 heterocycles. The molecule has 5 heteroatoms. The van der Waals surface area contributed by atoms with Gasteiger partial charge in [-0.25, -0.2) is 4.79 Å². The van der Waals surface area contributed by atoms with Crippen molar-refractivity contribution in [2.24, 2.45) is 0 Å². The minimum atomic E-state index is -1.80. The zero-order valence-electron chi connectivity index (χ0n) is 8.73. The smallest absolute Gasteiger partial charge is 0.331 e. The van der Waals surface area contributed by atoms with E-state index >= 15 is 0 Å². The van der Waals surface area contributed by atoms with Crippen molar-refractivity contribution >= 4 is 5.97 Å². The summed E-state index contributed by atoms with van der Waals surface area (Å²) < 4.78 is 4.76. The van der Waals surface area contributed by atoms with E-state index < -0.39 is 17.8 Å². The summed E-state index contributed by atoms with van der Waals surface area (Å²) >= 11 is 0. The molecule has 0 bridgehead atoms. The second-order valence-corrected chi connectivity index (χ2v) is 3.30. The van der Waals surface area contributed by atoms with Crippen LogP contribution in [0, 0.1) is 0 Å². The van der Waals surface area contributed by atoms with Crippen LogP contribution in [0.1, 0.15) is 6.92 Å². The van der Waals surface area contributed by atoms with Crippen molar-refractivity contribution in [3.8, 4) is 0 Å². The van der Waals surface area contributed by atoms with Crippen LogP contribution < -0.4 is 0 Å². The highest BCUT2D eigenvalue weighted by molar-refractivity contribution is 5.80. The molecule has 0 aliphatic carbocycles. The molecule has 2 N–H and O–H groups in total. The van der Waals surface area contributed by atoms with Gasteiger partial charge in [-0.3, -0.25) is 4.90 Å². The molecule has 82 valence electrons. The van der Waals surface area contributed by atoms with Crippen molar-refractivity contribution in [3.05, 3.63) is 12.7 Å². The largest absolute Gasteiger partial charge is 0.460 e. The first kappa shape index (κ1) is 13.1. The van der Waals surface area contributed by atoms with Gasteiger partial charge in [-0.05, 0) is 21.0 Å². The van der Waals surface area contributed by atoms with Crippen molar-refractivity contribution in [1.29, 1.82) is 0 Å². The van der Waals surface area contributed by atoms with Crippen LogP contribution in [0.2, 0.25) is 0 Å². The molecule has 0 fully saturated rings. The van der Waals surface area contributed by atoms with Crippen LogP contribution in [0.5, 0.6) is 0 Å². The van der Waals surface area contributed by atoms with E-state index in [1.165, 1.54) is 17.9 Å². The third-order valence-corrected chi connectivity index (χ3v) is 2.18. The van der Waals surface area contributed by atoms with Gasteiger partial charge in [0.1, 0.15) is 6.61 Å². The predicted molar refractivity (Wildman–Crippen MR) is 51.5 cm³/mol. The number of hydrogen-bond donors (Lipinski definition) is 2. The molecule has 14 heavy (non-hydrogen) atoms. The Balaban J connectivity index is 4.65. The fourth-order valence-corrected chi connectivity index (χ4v) is 0.800. The topological polar surface area (TPSA) is 70.0 Å². The first-order valence-corrected chi connectivity index (χ1v) is 4.19. The van der Waals surface area contributed by atoms with E-state index in [0.717, 1.165) is 0 Å². The van der Waals surface area contributed by atoms with E-state index in [4.69, 9.17) is 14.9 Å². The van der Waals surface area contributed by atoms with E-state index in [1.807, 2.05) is 0 Å². The Morgan fingerprint density at radius 1 is 1.64 bits per heavy atom. The number of nitrogens with zero attached hydrogens (tertiary/aromatic N) is 1. The van der Waals surface area contributed by atoms with Gasteiger partial charge in [0.05, 0.1) is 0 Å². The summed E-state index contributed by atoms with van der Waals surface area (Å²) in [5.41, 5.74) is -1.46. The Morgan fingerprint density at radius 3 is 2.43 bits per heavy atom. The van der Waals surface area contributed by atoms with Crippen molar-refractivity contribution < 1.29 is 19.7 Å². The molecular formula is C9H17NO4. The van der Waals surface area contributed by atoms with Gasteiger partial charge in [0.15, 0.2) is 11.8 Å². The molecule has 0 radical (unpaired) electrons. The normalized spacial score (nSPS) is 15.4. The van der Waals surface area contributed by atoms with Gasteiger partial charge in [0, 0.05) is 0 Å². The first-order chi connectivity index (χ1) is 6.37. The summed E-state index contributed by atoms with van der Waals surface area (Å²) in [7, 11) is 3.13. The standard InChI is InChI=1S/C9H17NO4/c1-5-6-14-8(13)9(2,7(11)12)10(3)4/h5,7,11-12H,1,6H2,2-4H3. The number of likely N-dealkylation sites (N-methyl/N-ethyl adjacent to an activating group) is 1. The van der Waals surface area contributed by atoms with Crippen molar-refractivity contribution in [2.45, 2.75) is 18.8 Å². The van der Waals surface area contributed by atoms with Crippen LogP contribution in [-0.4, -0.2) is 53.6 Å². The highest BCUT2D eigenvalue weighted by atomic mass is 16.5. The molecular weight excluding hydrogens is 186 g/mol. The zero-order valence-corrected chi connectivity index (χ0v) is 8.73. The third-order valence-electron chi connectivity index (χ3n) is 2.18. The number of carbonyl (C=O) groups is 1. The minimum Gasteiger partial charge on any atom is -0.460 e. The third kappa shape index (κ3) is 2.54. The quantitative estimate of drug-likeness (QED) is 0.353. The Labute approximate surface area is 83.6 Å². The van der Waals surface area contributed by atoms with E-state index in [1.54, 1.807) is 14.1 Å². The zero-order chi connectivity index (χ0) is 11.4. The average Bonchev–Trinajstić information content (AvgIpc) is 2.11. The molecule has 0 aromatic rings. The second-order valence-electron chi connectivity index (χ2n) is 3.30. The SMILES string of the molecule is C=CCOC(=O)C(C)(C(O)O)N(C)C. The highest BCUT2D eigenvalue weighted by Gasteiger charge is 2.43. The summed E-state index contributed by atoms with van der Waals surface area (Å²) in [5, 5.41) is 18.2. The maximum Gasteiger partial charge on any atom is 0.331 e. The predicted octanol–water partition coefficient (Wildman–Crippen LogP) is -0.653. The molecule has 0 saturated heterocycles. The Kier molecular flexibility index (Phi) is 4.76. The molecule has 0 amide bonds. The van der Waals surface area contributed by atoms with E-state index in [9.17, 15) is 4.79 Å².